The van der Waals surface area contributed by atoms with Crippen molar-refractivity contribution in [1.29, 1.82) is 0 Å². The van der Waals surface area contributed by atoms with Crippen LogP contribution in [0.3, 0.4) is 0 Å². The molecule has 0 saturated heterocycles. The summed E-state index contributed by atoms with van der Waals surface area (Å²) in [6.45, 7) is 0.376. The van der Waals surface area contributed by atoms with Crippen LogP contribution in [0.5, 0.6) is 0 Å². The van der Waals surface area contributed by atoms with Crippen molar-refractivity contribution in [3.8, 4) is 0 Å². The van der Waals surface area contributed by atoms with Crippen molar-refractivity contribution in [3.63, 3.8) is 0 Å². The number of nitrogens with zero attached hydrogens (tertiary/aromatic N) is 3. The Labute approximate surface area is 127 Å². The van der Waals surface area contributed by atoms with Gasteiger partial charge in [0.1, 0.15) is 17.4 Å². The molecular weight excluding hydrogens is 290 g/mol. The van der Waals surface area contributed by atoms with Crippen LogP contribution in [0.1, 0.15) is 0 Å². The van der Waals surface area contributed by atoms with Gasteiger partial charge in [-0.1, -0.05) is 0 Å². The van der Waals surface area contributed by atoms with Gasteiger partial charge >= 0.3 is 0 Å². The average molecular weight is 311 g/mol. The minimum absolute atomic E-state index is 0.0286. The van der Waals surface area contributed by atoms with E-state index in [0.717, 1.165) is 17.0 Å². The van der Waals surface area contributed by atoms with Crippen LogP contribution in [0.2, 0.25) is 0 Å². The van der Waals surface area contributed by atoms with Crippen LogP contribution in [0.25, 0.3) is 11.0 Å². The third-order valence-corrected chi connectivity index (χ3v) is 4.27. The second-order valence-corrected chi connectivity index (χ2v) is 5.91. The highest BCUT2D eigenvalue weighted by Gasteiger charge is 2.21. The Morgan fingerprint density at radius 2 is 2.24 bits per heavy atom. The van der Waals surface area contributed by atoms with Gasteiger partial charge in [-0.3, -0.25) is 0 Å². The standard InChI is InChI=1S/C13H21N5O2S/c1-18(4-8(6-21-2)10(20)5-19)9-3-15-12-11(9)16-7-17-13(12)14/h3,7-8,10,15,19-20H,4-6H2,1-2H3,(H2,14,16,17)/t8-,10+/m1/s1. The number of hydrogen-bond donors (Lipinski definition) is 4. The van der Waals surface area contributed by atoms with Crippen molar-refractivity contribution < 1.29 is 10.2 Å². The number of rotatable bonds is 7. The molecule has 7 nitrogen and oxygen atoms in total. The average Bonchev–Trinajstić information content (AvgIpc) is 2.91. The summed E-state index contributed by atoms with van der Waals surface area (Å²) in [6.07, 6.45) is 4.52. The molecule has 0 amide bonds. The maximum Gasteiger partial charge on any atom is 0.151 e. The van der Waals surface area contributed by atoms with Crippen LogP contribution in [0.4, 0.5) is 11.5 Å². The second-order valence-electron chi connectivity index (χ2n) is 5.00. The first-order valence-electron chi connectivity index (χ1n) is 6.65. The van der Waals surface area contributed by atoms with E-state index in [2.05, 4.69) is 15.0 Å². The Morgan fingerprint density at radius 1 is 1.48 bits per heavy atom. The van der Waals surface area contributed by atoms with Crippen LogP contribution < -0.4 is 10.6 Å². The topological polar surface area (TPSA) is 111 Å². The molecule has 8 heteroatoms. The molecule has 0 aliphatic heterocycles. The molecule has 0 bridgehead atoms. The molecule has 0 aliphatic carbocycles. The number of aliphatic hydroxyl groups is 2. The molecule has 2 rings (SSSR count). The van der Waals surface area contributed by atoms with Gasteiger partial charge in [-0.25, -0.2) is 9.97 Å². The van der Waals surface area contributed by atoms with Crippen molar-refractivity contribution >= 4 is 34.3 Å². The zero-order chi connectivity index (χ0) is 15.4. The largest absolute Gasteiger partial charge is 0.394 e. The summed E-state index contributed by atoms with van der Waals surface area (Å²) in [5.74, 6) is 1.15. The van der Waals surface area contributed by atoms with Crippen molar-refractivity contribution in [2.45, 2.75) is 6.10 Å². The molecule has 0 unspecified atom stereocenters. The number of H-pyrrole nitrogens is 1. The minimum atomic E-state index is -0.732. The van der Waals surface area contributed by atoms with Crippen molar-refractivity contribution in [2.24, 2.45) is 5.92 Å². The number of thioether (sulfide) groups is 1. The molecule has 2 aromatic heterocycles. The van der Waals surface area contributed by atoms with Crippen LogP contribution in [0.15, 0.2) is 12.5 Å². The highest BCUT2D eigenvalue weighted by atomic mass is 32.2. The van der Waals surface area contributed by atoms with Crippen molar-refractivity contribution in [3.05, 3.63) is 12.5 Å². The van der Waals surface area contributed by atoms with Crippen molar-refractivity contribution in [1.82, 2.24) is 15.0 Å². The summed E-state index contributed by atoms with van der Waals surface area (Å²) in [6, 6.07) is 0. The lowest BCUT2D eigenvalue weighted by Crippen LogP contribution is -2.36. The van der Waals surface area contributed by atoms with Gasteiger partial charge in [0.2, 0.25) is 0 Å². The van der Waals surface area contributed by atoms with Gasteiger partial charge < -0.3 is 25.8 Å². The van der Waals surface area contributed by atoms with Crippen LogP contribution in [-0.2, 0) is 0 Å². The Balaban J connectivity index is 2.21. The molecule has 0 aromatic carbocycles. The molecule has 0 spiro atoms. The number of nitrogens with one attached hydrogen (secondary N) is 1. The van der Waals surface area contributed by atoms with Gasteiger partial charge in [0.15, 0.2) is 5.82 Å². The van der Waals surface area contributed by atoms with E-state index in [0.29, 0.717) is 17.9 Å². The number of anilines is 2. The summed E-state index contributed by atoms with van der Waals surface area (Å²) in [5.41, 5.74) is 8.18. The minimum Gasteiger partial charge on any atom is -0.394 e. The van der Waals surface area contributed by atoms with E-state index >= 15 is 0 Å². The number of nitrogen functional groups attached to an aromatic ring is 1. The van der Waals surface area contributed by atoms with E-state index in [1.807, 2.05) is 24.4 Å². The third kappa shape index (κ3) is 3.39. The highest BCUT2D eigenvalue weighted by Crippen LogP contribution is 2.27. The van der Waals surface area contributed by atoms with Crippen LogP contribution in [-0.4, -0.2) is 63.5 Å². The van der Waals surface area contributed by atoms with E-state index < -0.39 is 6.10 Å². The quantitative estimate of drug-likeness (QED) is 0.582. The lowest BCUT2D eigenvalue weighted by atomic mass is 10.0. The molecule has 116 valence electrons. The first-order chi connectivity index (χ1) is 10.1. The number of hydrogen-bond acceptors (Lipinski definition) is 7. The summed E-state index contributed by atoms with van der Waals surface area (Å²) in [7, 11) is 1.93. The fourth-order valence-electron chi connectivity index (χ4n) is 2.33. The zero-order valence-corrected chi connectivity index (χ0v) is 13.0. The number of aromatic nitrogens is 3. The molecular formula is C13H21N5O2S. The summed E-state index contributed by atoms with van der Waals surface area (Å²) < 4.78 is 0. The van der Waals surface area contributed by atoms with Gasteiger partial charge in [0, 0.05) is 31.5 Å². The maximum absolute atomic E-state index is 9.91. The molecule has 0 saturated carbocycles. The van der Waals surface area contributed by atoms with Crippen LogP contribution in [0, 0.1) is 5.92 Å². The van der Waals surface area contributed by atoms with Gasteiger partial charge in [0.05, 0.1) is 18.4 Å². The number of fused-ring (bicyclic) bond motifs is 1. The molecule has 0 aliphatic rings. The molecule has 0 radical (unpaired) electrons. The first kappa shape index (κ1) is 15.9. The van der Waals surface area contributed by atoms with E-state index in [9.17, 15) is 5.11 Å². The number of nitrogens with two attached hydrogens (primary N) is 1. The summed E-state index contributed by atoms with van der Waals surface area (Å²) in [5, 5.41) is 19.1. The molecule has 21 heavy (non-hydrogen) atoms. The Morgan fingerprint density at radius 3 is 2.90 bits per heavy atom. The second kappa shape index (κ2) is 6.97. The van der Waals surface area contributed by atoms with Gasteiger partial charge in [-0.05, 0) is 6.26 Å². The van der Waals surface area contributed by atoms with E-state index in [1.54, 1.807) is 11.8 Å². The monoisotopic (exact) mass is 311 g/mol. The smallest absolute Gasteiger partial charge is 0.151 e. The van der Waals surface area contributed by atoms with Gasteiger partial charge in [0.25, 0.3) is 0 Å². The maximum atomic E-state index is 9.91. The van der Waals surface area contributed by atoms with E-state index in [-0.39, 0.29) is 12.5 Å². The summed E-state index contributed by atoms with van der Waals surface area (Å²) >= 11 is 1.65. The molecule has 5 N–H and O–H groups in total. The van der Waals surface area contributed by atoms with E-state index in [1.165, 1.54) is 6.33 Å². The number of aliphatic hydroxyl groups excluding tert-OH is 2. The summed E-state index contributed by atoms with van der Waals surface area (Å²) in [4.78, 5) is 13.3. The molecule has 0 fully saturated rings. The van der Waals surface area contributed by atoms with E-state index in [4.69, 9.17) is 10.8 Å². The Kier molecular flexibility index (Phi) is 5.27. The molecule has 2 heterocycles. The first-order valence-corrected chi connectivity index (χ1v) is 8.04. The fraction of sp³-hybridized carbons (Fsp3) is 0.538. The zero-order valence-electron chi connectivity index (χ0n) is 12.2. The predicted octanol–water partition coefficient (Wildman–Crippen LogP) is 0.309. The van der Waals surface area contributed by atoms with Crippen molar-refractivity contribution in [2.75, 3.05) is 42.8 Å². The van der Waals surface area contributed by atoms with Gasteiger partial charge in [-0.15, -0.1) is 0 Å². The Bertz CT molecular complexity index is 591. The lowest BCUT2D eigenvalue weighted by Gasteiger charge is -2.27. The fourth-order valence-corrected chi connectivity index (χ4v) is 3.09. The normalized spacial score (nSPS) is 14.3. The molecule has 2 atom stereocenters. The SMILES string of the molecule is CSC[C@@H](CN(C)c1c[nH]c2c(N)ncnc12)[C@@H](O)CO. The predicted molar refractivity (Wildman–Crippen MR) is 86.5 cm³/mol. The number of aromatic amines is 1. The third-order valence-electron chi connectivity index (χ3n) is 3.50. The van der Waals surface area contributed by atoms with Crippen LogP contribution >= 0.6 is 11.8 Å². The lowest BCUT2D eigenvalue weighted by molar-refractivity contribution is 0.0576. The molecule has 2 aromatic rings. The highest BCUT2D eigenvalue weighted by molar-refractivity contribution is 7.98. The van der Waals surface area contributed by atoms with Gasteiger partial charge in [-0.2, -0.15) is 11.8 Å². The Hall–Kier alpha value is -1.51.